The number of amides is 1. The van der Waals surface area contributed by atoms with Crippen LogP contribution in [0.4, 0.5) is 4.79 Å². The molecule has 0 radical (unpaired) electrons. The first-order chi connectivity index (χ1) is 14.5. The van der Waals surface area contributed by atoms with Crippen LogP contribution in [-0.4, -0.2) is 34.9 Å². The maximum atomic E-state index is 13.4. The monoisotopic (exact) mass is 451 g/mol. The van der Waals surface area contributed by atoms with E-state index in [1.807, 2.05) is 0 Å². The first kappa shape index (κ1) is 24.2. The Morgan fingerprint density at radius 2 is 1.39 bits per heavy atom. The van der Waals surface area contributed by atoms with E-state index in [-0.39, 0.29) is 11.5 Å². The average Bonchev–Trinajstić information content (AvgIpc) is 2.65. The predicted octanol–water partition coefficient (Wildman–Crippen LogP) is 4.64. The van der Waals surface area contributed by atoms with Crippen molar-refractivity contribution in [2.75, 3.05) is 0 Å². The van der Waals surface area contributed by atoms with Crippen molar-refractivity contribution in [1.82, 2.24) is 5.32 Å². The fourth-order valence-corrected chi connectivity index (χ4v) is 3.77. The molecule has 0 saturated heterocycles. The number of para-hydroxylation sites is 2. The molecule has 0 heterocycles. The number of carboxylic acids is 1. The number of carbonyl (C=O) groups is 2. The zero-order chi connectivity index (χ0) is 23.1. The maximum Gasteiger partial charge on any atom is 0.587 e. The van der Waals surface area contributed by atoms with Crippen molar-refractivity contribution in [3.05, 3.63) is 60.7 Å². The highest BCUT2D eigenvalue weighted by Crippen LogP contribution is 2.50. The molecule has 31 heavy (non-hydrogen) atoms. The number of hydrogen-bond acceptors (Lipinski definition) is 7. The van der Waals surface area contributed by atoms with Gasteiger partial charge < -0.3 is 24.2 Å². The molecule has 1 amide bonds. The molecule has 0 spiro atoms. The van der Waals surface area contributed by atoms with Crippen LogP contribution in [0.5, 0.6) is 11.5 Å². The number of nitrogens with one attached hydrogen (secondary N) is 1. The minimum atomic E-state index is -4.35. The predicted molar refractivity (Wildman–Crippen MR) is 113 cm³/mol. The lowest BCUT2D eigenvalue weighted by Crippen LogP contribution is -2.50. The summed E-state index contributed by atoms with van der Waals surface area (Å²) in [6.45, 7) is 6.24. The van der Waals surface area contributed by atoms with Gasteiger partial charge in [-0.2, -0.15) is 0 Å². The Bertz CT molecular complexity index is 868. The van der Waals surface area contributed by atoms with Crippen molar-refractivity contribution in [3.8, 4) is 11.5 Å². The fourth-order valence-electron chi connectivity index (χ4n) is 2.36. The number of carbonyl (C=O) groups excluding carboxylic acids is 1. The zero-order valence-corrected chi connectivity index (χ0v) is 18.6. The van der Waals surface area contributed by atoms with Crippen molar-refractivity contribution in [2.24, 2.45) is 0 Å². The summed E-state index contributed by atoms with van der Waals surface area (Å²) in [7, 11) is -4.35. The number of alkyl carbamates (subject to hydrolysis) is 1. The molecule has 2 aromatic carbocycles. The van der Waals surface area contributed by atoms with Crippen molar-refractivity contribution < 1.29 is 37.6 Å². The van der Waals surface area contributed by atoms with Crippen LogP contribution in [-0.2, 0) is 18.6 Å². The minimum Gasteiger partial charge on any atom is -0.480 e. The second-order valence-corrected chi connectivity index (χ2v) is 9.00. The third-order valence-electron chi connectivity index (χ3n) is 3.62. The molecule has 0 aliphatic heterocycles. The molecule has 2 N–H and O–H groups in total. The van der Waals surface area contributed by atoms with Gasteiger partial charge in [0.2, 0.25) is 0 Å². The highest BCUT2D eigenvalue weighted by Gasteiger charge is 2.39. The third-order valence-corrected chi connectivity index (χ3v) is 5.08. The molecule has 2 atom stereocenters. The molecule has 0 aromatic heterocycles. The molecular formula is C21H26NO8P. The third kappa shape index (κ3) is 8.32. The van der Waals surface area contributed by atoms with Crippen LogP contribution in [0.3, 0.4) is 0 Å². The van der Waals surface area contributed by atoms with Gasteiger partial charge in [-0.15, -0.1) is 0 Å². The first-order valence-corrected chi connectivity index (χ1v) is 10.9. The van der Waals surface area contributed by atoms with E-state index < -0.39 is 37.6 Å². The zero-order valence-electron chi connectivity index (χ0n) is 17.7. The number of hydrogen-bond donors (Lipinski definition) is 2. The summed E-state index contributed by atoms with van der Waals surface area (Å²) in [5.41, 5.74) is -0.834. The Morgan fingerprint density at radius 3 is 1.77 bits per heavy atom. The van der Waals surface area contributed by atoms with Crippen molar-refractivity contribution in [3.63, 3.8) is 0 Å². The molecule has 0 saturated carbocycles. The molecule has 2 unspecified atom stereocenters. The topological polar surface area (TPSA) is 120 Å². The summed E-state index contributed by atoms with van der Waals surface area (Å²) in [5.74, 6) is -1.02. The number of phosphoric acid groups is 1. The lowest BCUT2D eigenvalue weighted by Gasteiger charge is -2.27. The summed E-state index contributed by atoms with van der Waals surface area (Å²) in [6, 6.07) is 14.7. The van der Waals surface area contributed by atoms with E-state index in [0.717, 1.165) is 0 Å². The maximum absolute atomic E-state index is 13.4. The highest BCUT2D eigenvalue weighted by molar-refractivity contribution is 7.49. The summed E-state index contributed by atoms with van der Waals surface area (Å²) in [4.78, 5) is 23.8. The van der Waals surface area contributed by atoms with E-state index in [0.29, 0.717) is 0 Å². The average molecular weight is 451 g/mol. The van der Waals surface area contributed by atoms with Gasteiger partial charge in [0.1, 0.15) is 17.1 Å². The van der Waals surface area contributed by atoms with E-state index in [4.69, 9.17) is 18.3 Å². The number of carboxylic acid groups (broad SMARTS) is 1. The lowest BCUT2D eigenvalue weighted by atomic mass is 10.2. The van der Waals surface area contributed by atoms with E-state index >= 15 is 0 Å². The number of aliphatic carboxylic acids is 1. The minimum absolute atomic E-state index is 0.195. The summed E-state index contributed by atoms with van der Waals surface area (Å²) >= 11 is 0. The largest absolute Gasteiger partial charge is 0.587 e. The van der Waals surface area contributed by atoms with Crippen molar-refractivity contribution in [2.45, 2.75) is 45.4 Å². The molecule has 0 bridgehead atoms. The van der Waals surface area contributed by atoms with Crippen LogP contribution in [0.25, 0.3) is 0 Å². The second kappa shape index (κ2) is 10.3. The highest BCUT2D eigenvalue weighted by atomic mass is 31.2. The smallest absolute Gasteiger partial charge is 0.480 e. The van der Waals surface area contributed by atoms with Gasteiger partial charge in [0.05, 0.1) is 6.10 Å². The van der Waals surface area contributed by atoms with Crippen LogP contribution >= 0.6 is 7.82 Å². The Kier molecular flexibility index (Phi) is 8.08. The van der Waals surface area contributed by atoms with E-state index in [2.05, 4.69) is 5.32 Å². The number of ether oxygens (including phenoxy) is 1. The Hall–Kier alpha value is -3.03. The fraction of sp³-hybridized carbons (Fsp3) is 0.333. The van der Waals surface area contributed by atoms with E-state index in [1.165, 1.54) is 6.92 Å². The number of rotatable bonds is 9. The van der Waals surface area contributed by atoms with Crippen LogP contribution in [0.2, 0.25) is 0 Å². The molecular weight excluding hydrogens is 425 g/mol. The summed E-state index contributed by atoms with van der Waals surface area (Å²) in [6.07, 6.45) is -2.26. The quantitative estimate of drug-likeness (QED) is 0.529. The number of phosphoric ester groups is 1. The molecule has 2 rings (SSSR count). The van der Waals surface area contributed by atoms with Gasteiger partial charge in [-0.25, -0.2) is 14.2 Å². The van der Waals surface area contributed by atoms with Crippen molar-refractivity contribution in [1.29, 1.82) is 0 Å². The van der Waals surface area contributed by atoms with Crippen LogP contribution in [0.15, 0.2) is 60.7 Å². The van der Waals surface area contributed by atoms with Gasteiger partial charge in [0.25, 0.3) is 0 Å². The van der Waals surface area contributed by atoms with Crippen LogP contribution < -0.4 is 14.4 Å². The Labute approximate surface area is 180 Å². The summed E-state index contributed by atoms with van der Waals surface area (Å²) < 4.78 is 34.9. The van der Waals surface area contributed by atoms with Crippen LogP contribution in [0, 0.1) is 0 Å². The van der Waals surface area contributed by atoms with Gasteiger partial charge in [0.15, 0.2) is 6.04 Å². The Balaban J connectivity index is 2.23. The molecule has 2 aromatic rings. The lowest BCUT2D eigenvalue weighted by molar-refractivity contribution is -0.141. The summed E-state index contributed by atoms with van der Waals surface area (Å²) in [5, 5.41) is 11.8. The second-order valence-electron chi connectivity index (χ2n) is 7.53. The molecule has 0 fully saturated rings. The number of benzene rings is 2. The first-order valence-electron chi connectivity index (χ1n) is 9.47. The molecule has 168 valence electrons. The van der Waals surface area contributed by atoms with Gasteiger partial charge in [-0.05, 0) is 52.0 Å². The standard InChI is InChI=1S/C21H26NO8P/c1-15(18(19(23)24)22-20(25)27-21(2,3)4)28-31(26,29-16-11-7-5-8-12-16)30-17-13-9-6-10-14-17/h5-15,18H,1-4H3,(H,22,25)(H,23,24). The SMILES string of the molecule is CC(OP(=O)(Oc1ccccc1)Oc1ccccc1)C(NC(=O)OC(C)(C)C)C(=O)O. The molecule has 0 aliphatic rings. The van der Waals surface area contributed by atoms with Gasteiger partial charge in [0, 0.05) is 0 Å². The van der Waals surface area contributed by atoms with Gasteiger partial charge in [-0.3, -0.25) is 4.52 Å². The van der Waals surface area contributed by atoms with E-state index in [9.17, 15) is 19.3 Å². The molecule has 9 nitrogen and oxygen atoms in total. The van der Waals surface area contributed by atoms with E-state index in [1.54, 1.807) is 81.4 Å². The molecule has 0 aliphatic carbocycles. The Morgan fingerprint density at radius 1 is 0.935 bits per heavy atom. The van der Waals surface area contributed by atoms with Crippen LogP contribution in [0.1, 0.15) is 27.7 Å². The van der Waals surface area contributed by atoms with Gasteiger partial charge in [-0.1, -0.05) is 36.4 Å². The van der Waals surface area contributed by atoms with Gasteiger partial charge >= 0.3 is 19.9 Å². The normalized spacial score (nSPS) is 13.5. The van der Waals surface area contributed by atoms with Crippen molar-refractivity contribution >= 4 is 19.9 Å². The molecule has 10 heteroatoms.